The highest BCUT2D eigenvalue weighted by atomic mass is 32.2. The molecule has 0 atom stereocenters. The first-order valence-electron chi connectivity index (χ1n) is 22.6. The lowest BCUT2D eigenvalue weighted by molar-refractivity contribution is 0.474. The van der Waals surface area contributed by atoms with Crippen molar-refractivity contribution in [1.29, 1.82) is 0 Å². The normalized spacial score (nSPS) is 12.8. The van der Waals surface area contributed by atoms with Gasteiger partial charge in [-0.15, -0.1) is 0 Å². The average molecular weight is 919 g/mol. The monoisotopic (exact) mass is 918 g/mol. The number of hydrogen-bond acceptors (Lipinski definition) is 8. The lowest BCUT2D eigenvalue weighted by atomic mass is 9.93. The Labute approximate surface area is 405 Å². The third kappa shape index (κ3) is 7.91. The maximum atomic E-state index is 11.4. The summed E-state index contributed by atoms with van der Waals surface area (Å²) in [5, 5.41) is 22.7. The van der Waals surface area contributed by atoms with Crippen molar-refractivity contribution in [2.24, 2.45) is 9.98 Å². The molecule has 0 amide bonds. The number of benzene rings is 9. The number of hydrogen-bond donors (Lipinski definition) is 2. The van der Waals surface area contributed by atoms with E-state index in [4.69, 9.17) is 9.98 Å². The van der Waals surface area contributed by atoms with E-state index < -0.39 is 0 Å². The highest BCUT2D eigenvalue weighted by Crippen LogP contribution is 2.53. The summed E-state index contributed by atoms with van der Waals surface area (Å²) in [5.41, 5.74) is 17.8. The molecule has 0 saturated carbocycles. The Balaban J connectivity index is 0.820. The van der Waals surface area contributed by atoms with Crippen LogP contribution in [0.25, 0.3) is 22.3 Å². The van der Waals surface area contributed by atoms with Gasteiger partial charge in [0, 0.05) is 54.5 Å². The summed E-state index contributed by atoms with van der Waals surface area (Å²) in [7, 11) is 0. The molecule has 0 aliphatic carbocycles. The van der Waals surface area contributed by atoms with Gasteiger partial charge in [0.2, 0.25) is 0 Å². The maximum Gasteiger partial charge on any atom is 0.124 e. The number of nitrogens with zero attached hydrogens (tertiary/aromatic N) is 4. The average Bonchev–Trinajstić information content (AvgIpc) is 3.34. The van der Waals surface area contributed by atoms with Gasteiger partial charge < -0.3 is 20.0 Å². The van der Waals surface area contributed by atoms with Crippen LogP contribution in [-0.2, 0) is 0 Å². The van der Waals surface area contributed by atoms with Gasteiger partial charge in [0.1, 0.15) is 11.5 Å². The zero-order valence-electron chi connectivity index (χ0n) is 38.0. The highest BCUT2D eigenvalue weighted by Gasteiger charge is 2.27. The molecule has 2 aliphatic heterocycles. The van der Waals surface area contributed by atoms with E-state index >= 15 is 0 Å². The molecule has 0 bridgehead atoms. The smallest absolute Gasteiger partial charge is 0.124 e. The molecule has 0 fully saturated rings. The Hall–Kier alpha value is -7.78. The fraction of sp³-hybridized carbons (Fsp3) is 0.0667. The molecule has 2 N–H and O–H groups in total. The Kier molecular flexibility index (Phi) is 11.2. The van der Waals surface area contributed by atoms with Gasteiger partial charge in [-0.2, -0.15) is 0 Å². The summed E-state index contributed by atoms with van der Waals surface area (Å²) in [6.07, 6.45) is 3.34. The van der Waals surface area contributed by atoms with Crippen LogP contribution in [0.15, 0.2) is 212 Å². The molecule has 8 heteroatoms. The minimum Gasteiger partial charge on any atom is -0.507 e. The van der Waals surface area contributed by atoms with Gasteiger partial charge in [-0.25, -0.2) is 0 Å². The highest BCUT2D eigenvalue weighted by molar-refractivity contribution is 8.00. The third-order valence-corrected chi connectivity index (χ3v) is 14.9. The third-order valence-electron chi connectivity index (χ3n) is 12.6. The zero-order valence-corrected chi connectivity index (χ0v) is 39.6. The van der Waals surface area contributed by atoms with Crippen LogP contribution >= 0.6 is 23.5 Å². The van der Waals surface area contributed by atoms with Crippen LogP contribution in [0.4, 0.5) is 45.5 Å². The minimum absolute atomic E-state index is 0.136. The van der Waals surface area contributed by atoms with E-state index in [2.05, 4.69) is 159 Å². The van der Waals surface area contributed by atoms with E-state index in [0.717, 1.165) is 55.9 Å². The van der Waals surface area contributed by atoms with Gasteiger partial charge in [-0.1, -0.05) is 96.3 Å². The first-order chi connectivity index (χ1) is 33.2. The van der Waals surface area contributed by atoms with Crippen LogP contribution < -0.4 is 9.80 Å². The number of fused-ring (bicyclic) bond motifs is 4. The van der Waals surface area contributed by atoms with Gasteiger partial charge in [-0.05, 0) is 181 Å². The second kappa shape index (κ2) is 17.8. The molecule has 0 radical (unpaired) electrons. The summed E-state index contributed by atoms with van der Waals surface area (Å²) >= 11 is 3.60. The molecule has 0 spiro atoms. The lowest BCUT2D eigenvalue weighted by Gasteiger charge is -2.33. The SMILES string of the molecule is Cc1cc(N2c3ccccc3Sc3ccccc32)cc(C)c1-c1ccc(C=Nc2ccccc2N=Cc2ccc(-c3c(C)cc(N4c5ccccc5Sc5ccccc54)cc3C)cc2O)c(O)c1. The number of aliphatic imine (C=N–C) groups is 2. The van der Waals surface area contributed by atoms with Crippen LogP contribution in [0.5, 0.6) is 11.5 Å². The van der Waals surface area contributed by atoms with Crippen molar-refractivity contribution in [1.82, 2.24) is 0 Å². The van der Waals surface area contributed by atoms with E-state index in [1.54, 1.807) is 36.0 Å². The Morgan fingerprint density at radius 1 is 0.382 bits per heavy atom. The van der Waals surface area contributed by atoms with Crippen LogP contribution in [0.1, 0.15) is 33.4 Å². The Morgan fingerprint density at radius 3 is 1.01 bits per heavy atom. The van der Waals surface area contributed by atoms with Crippen molar-refractivity contribution in [3.63, 3.8) is 0 Å². The fourth-order valence-electron chi connectivity index (χ4n) is 9.59. The standard InChI is InChI=1S/C60H46N4O2S2/c1-37-29-45(63-49-17-7-11-21-55(49)67-56-22-12-8-18-50(56)63)30-38(2)59(37)41-25-27-43(53(65)33-41)35-61-47-15-5-6-16-48(47)62-36-44-28-26-42(34-54(44)66)60-39(3)31-46(32-40(60)4)64-51-19-9-13-23-57(51)68-58-24-14-10-20-52(58)64/h5-36,65-66H,1-4H3. The molecule has 330 valence electrons. The lowest BCUT2D eigenvalue weighted by Crippen LogP contribution is -2.15. The van der Waals surface area contributed by atoms with Crippen LogP contribution in [0.2, 0.25) is 0 Å². The quantitative estimate of drug-likeness (QED) is 0.148. The number of phenols is 2. The molecular formula is C60H46N4O2S2. The summed E-state index contributed by atoms with van der Waals surface area (Å²) < 4.78 is 0. The molecule has 68 heavy (non-hydrogen) atoms. The molecule has 2 aliphatic rings. The van der Waals surface area contributed by atoms with Crippen molar-refractivity contribution in [2.45, 2.75) is 47.3 Å². The van der Waals surface area contributed by atoms with Crippen molar-refractivity contribution >= 4 is 81.5 Å². The number of rotatable bonds is 8. The van der Waals surface area contributed by atoms with Gasteiger partial charge in [-0.3, -0.25) is 9.98 Å². The molecule has 0 saturated heterocycles. The summed E-state index contributed by atoms with van der Waals surface area (Å²) in [6, 6.07) is 62.2. The second-order valence-corrected chi connectivity index (χ2v) is 19.4. The Bertz CT molecular complexity index is 3160. The van der Waals surface area contributed by atoms with Crippen LogP contribution in [-0.4, -0.2) is 22.6 Å². The van der Waals surface area contributed by atoms with Crippen molar-refractivity contribution in [3.8, 4) is 33.8 Å². The van der Waals surface area contributed by atoms with Gasteiger partial charge in [0.25, 0.3) is 0 Å². The molecular weight excluding hydrogens is 873 g/mol. The second-order valence-electron chi connectivity index (χ2n) is 17.2. The zero-order chi connectivity index (χ0) is 46.5. The van der Waals surface area contributed by atoms with Crippen molar-refractivity contribution in [2.75, 3.05) is 9.80 Å². The number of para-hydroxylation sites is 6. The number of aromatic hydroxyl groups is 2. The minimum atomic E-state index is 0.136. The van der Waals surface area contributed by atoms with Gasteiger partial charge >= 0.3 is 0 Å². The van der Waals surface area contributed by atoms with Crippen molar-refractivity contribution < 1.29 is 10.2 Å². The number of anilines is 6. The molecule has 6 nitrogen and oxygen atoms in total. The molecule has 0 aromatic heterocycles. The number of phenolic OH excluding ortho intramolecular Hbond substituents is 2. The van der Waals surface area contributed by atoms with E-state index in [-0.39, 0.29) is 11.5 Å². The molecule has 9 aromatic carbocycles. The predicted octanol–water partition coefficient (Wildman–Crippen LogP) is 17.0. The van der Waals surface area contributed by atoms with Crippen LogP contribution in [0.3, 0.4) is 0 Å². The summed E-state index contributed by atoms with van der Waals surface area (Å²) in [4.78, 5) is 19.1. The topological polar surface area (TPSA) is 71.7 Å². The molecule has 0 unspecified atom stereocenters. The summed E-state index contributed by atoms with van der Waals surface area (Å²) in [5.74, 6) is 0.273. The van der Waals surface area contributed by atoms with Crippen molar-refractivity contribution in [3.05, 3.63) is 215 Å². The Morgan fingerprint density at radius 2 is 0.691 bits per heavy atom. The molecule has 11 rings (SSSR count). The van der Waals surface area contributed by atoms with Crippen LogP contribution in [0, 0.1) is 27.7 Å². The van der Waals surface area contributed by atoms with E-state index in [1.165, 1.54) is 42.3 Å². The van der Waals surface area contributed by atoms with E-state index in [1.807, 2.05) is 60.7 Å². The number of aryl methyl sites for hydroxylation is 4. The first-order valence-corrected chi connectivity index (χ1v) is 24.2. The van der Waals surface area contributed by atoms with Gasteiger partial charge in [0.15, 0.2) is 0 Å². The van der Waals surface area contributed by atoms with E-state index in [0.29, 0.717) is 22.5 Å². The maximum absolute atomic E-state index is 11.4. The summed E-state index contributed by atoms with van der Waals surface area (Å²) in [6.45, 7) is 8.54. The largest absolute Gasteiger partial charge is 0.507 e. The fourth-order valence-corrected chi connectivity index (χ4v) is 11.7. The van der Waals surface area contributed by atoms with Gasteiger partial charge in [0.05, 0.1) is 34.1 Å². The predicted molar refractivity (Wildman–Crippen MR) is 285 cm³/mol. The molecule has 2 heterocycles. The van der Waals surface area contributed by atoms with E-state index in [9.17, 15) is 10.2 Å². The first kappa shape index (κ1) is 42.8. The molecule has 9 aromatic rings.